The van der Waals surface area contributed by atoms with Crippen molar-refractivity contribution in [3.8, 4) is 122 Å². The van der Waals surface area contributed by atoms with E-state index in [1.807, 2.05) is 60.7 Å². The van der Waals surface area contributed by atoms with Crippen molar-refractivity contribution in [3.63, 3.8) is 0 Å². The first-order chi connectivity index (χ1) is 56.9. The van der Waals surface area contributed by atoms with Crippen LogP contribution in [-0.4, -0.2) is 17.6 Å². The Morgan fingerprint density at radius 2 is 0.383 bits per heavy atom. The van der Waals surface area contributed by atoms with Crippen LogP contribution in [0.5, 0.6) is 0 Å². The first-order valence-electron chi connectivity index (χ1n) is 39.2. The third kappa shape index (κ3) is 11.5. The third-order valence-corrected chi connectivity index (χ3v) is 23.4. The number of allylic oxidation sites excluding steroid dienone is 4. The van der Waals surface area contributed by atoms with Gasteiger partial charge in [0.25, 0.3) is 11.8 Å². The van der Waals surface area contributed by atoms with Crippen molar-refractivity contribution < 1.29 is 14.4 Å². The van der Waals surface area contributed by atoms with Gasteiger partial charge in [0.05, 0.1) is 0 Å². The topological polar surface area (TPSA) is 63.2 Å². The zero-order valence-electron chi connectivity index (χ0n) is 62.5. The molecule has 536 valence electrons. The average Bonchev–Trinajstić information content (AvgIpc) is 1.34. The maximum absolute atomic E-state index is 16.2. The lowest BCUT2D eigenvalue weighted by molar-refractivity contribution is -0.108. The Morgan fingerprint density at radius 3 is 0.730 bits per heavy atom. The van der Waals surface area contributed by atoms with Crippen LogP contribution in [0.15, 0.2) is 413 Å². The van der Waals surface area contributed by atoms with E-state index in [9.17, 15) is 9.59 Å². The molecule has 1 aliphatic heterocycles. The van der Waals surface area contributed by atoms with Gasteiger partial charge in [-0.15, -0.1) is 0 Å². The van der Waals surface area contributed by atoms with E-state index < -0.39 is 0 Å². The molecule has 0 saturated carbocycles. The molecule has 21 rings (SSSR count). The number of fused-ring (bicyclic) bond motifs is 2. The van der Waals surface area contributed by atoms with Crippen LogP contribution in [0.4, 0.5) is 0 Å². The number of rotatable bonds is 15. The molecule has 115 heavy (non-hydrogen) atoms. The SMILES string of the molecule is O=C1C(c2ccccc2)=C(c2ccc(-c3cc(-c4ccccc4)c(-c4ccccc4)c(-c4ccccc4)c3-c3ccccc3)cc2)C(c2ccc(-c3cc(-c4ccccc4)c(-c4ccc(-c5ccc6c7ccc8c9c(ccc(c%10cccc5c%106)c97)C(=O)NC8=O)cc4)c(-c4ccccc4)c3-c3ccccc3)cc2)=C1c1ccccc1. The Bertz CT molecular complexity index is 7080. The summed E-state index contributed by atoms with van der Waals surface area (Å²) in [6, 6.07) is 147. The van der Waals surface area contributed by atoms with Crippen molar-refractivity contribution in [2.24, 2.45) is 0 Å². The molecule has 0 aromatic heterocycles. The highest BCUT2D eigenvalue weighted by molar-refractivity contribution is 6.59. The Kier molecular flexibility index (Phi) is 16.7. The third-order valence-electron chi connectivity index (χ3n) is 23.4. The van der Waals surface area contributed by atoms with E-state index in [0.29, 0.717) is 27.7 Å². The van der Waals surface area contributed by atoms with Gasteiger partial charge in [-0.05, 0) is 207 Å². The van der Waals surface area contributed by atoms with E-state index in [2.05, 4.69) is 357 Å². The lowest BCUT2D eigenvalue weighted by Gasteiger charge is -2.25. The van der Waals surface area contributed by atoms with Gasteiger partial charge in [0.1, 0.15) is 0 Å². The highest BCUT2D eigenvalue weighted by atomic mass is 16.2. The normalized spacial score (nSPS) is 12.7. The maximum Gasteiger partial charge on any atom is 0.258 e. The summed E-state index contributed by atoms with van der Waals surface area (Å²) in [5, 5.41) is 10.6. The molecule has 19 aromatic carbocycles. The van der Waals surface area contributed by atoms with Gasteiger partial charge in [-0.25, -0.2) is 0 Å². The van der Waals surface area contributed by atoms with Crippen molar-refractivity contribution in [2.45, 2.75) is 0 Å². The van der Waals surface area contributed by atoms with Crippen LogP contribution in [0.2, 0.25) is 0 Å². The molecule has 4 heteroatoms. The van der Waals surface area contributed by atoms with Crippen LogP contribution in [0.3, 0.4) is 0 Å². The minimum absolute atomic E-state index is 0.0282. The van der Waals surface area contributed by atoms with Crippen molar-refractivity contribution in [1.29, 1.82) is 0 Å². The molecular formula is C111H69NO3. The lowest BCUT2D eigenvalue weighted by Crippen LogP contribution is -2.34. The van der Waals surface area contributed by atoms with Gasteiger partial charge in [-0.2, -0.15) is 0 Å². The van der Waals surface area contributed by atoms with Gasteiger partial charge in [0.2, 0.25) is 0 Å². The zero-order chi connectivity index (χ0) is 76.6. The first kappa shape index (κ1) is 67.9. The van der Waals surface area contributed by atoms with Gasteiger partial charge in [-0.1, -0.05) is 388 Å². The van der Waals surface area contributed by atoms with Crippen molar-refractivity contribution in [2.75, 3.05) is 0 Å². The highest BCUT2D eigenvalue weighted by Gasteiger charge is 2.37. The summed E-state index contributed by atoms with van der Waals surface area (Å²) in [5.41, 5.74) is 31.8. The van der Waals surface area contributed by atoms with Gasteiger partial charge in [0.15, 0.2) is 5.78 Å². The number of Topliss-reactive ketones (excluding diaryl/α,β-unsaturated/α-hetero) is 1. The zero-order valence-corrected chi connectivity index (χ0v) is 62.5. The summed E-state index contributed by atoms with van der Waals surface area (Å²) in [6.07, 6.45) is 0. The molecule has 1 aliphatic carbocycles. The maximum atomic E-state index is 16.2. The van der Waals surface area contributed by atoms with E-state index in [1.165, 1.54) is 0 Å². The summed E-state index contributed by atoms with van der Waals surface area (Å²) in [7, 11) is 0. The predicted octanol–water partition coefficient (Wildman–Crippen LogP) is 28.1. The molecule has 0 saturated heterocycles. The highest BCUT2D eigenvalue weighted by Crippen LogP contribution is 2.56. The Labute approximate surface area is 666 Å². The summed E-state index contributed by atoms with van der Waals surface area (Å²) in [4.78, 5) is 42.8. The van der Waals surface area contributed by atoms with Crippen LogP contribution in [0.25, 0.3) is 188 Å². The number of carbonyl (C=O) groups is 3. The van der Waals surface area contributed by atoms with Crippen LogP contribution in [-0.2, 0) is 4.79 Å². The number of ketones is 1. The molecule has 4 nitrogen and oxygen atoms in total. The second-order valence-corrected chi connectivity index (χ2v) is 29.8. The Balaban J connectivity index is 0.736. The van der Waals surface area contributed by atoms with Crippen LogP contribution in [0, 0.1) is 0 Å². The monoisotopic (exact) mass is 1460 g/mol. The predicted molar refractivity (Wildman–Crippen MR) is 477 cm³/mol. The van der Waals surface area contributed by atoms with E-state index in [-0.39, 0.29) is 17.6 Å². The number of hydrogen-bond donors (Lipinski definition) is 1. The summed E-state index contributed by atoms with van der Waals surface area (Å²) in [6.45, 7) is 0. The number of amides is 2. The second-order valence-electron chi connectivity index (χ2n) is 29.8. The van der Waals surface area contributed by atoms with Crippen molar-refractivity contribution in [1.82, 2.24) is 5.32 Å². The first-order valence-corrected chi connectivity index (χ1v) is 39.2. The van der Waals surface area contributed by atoms with Gasteiger partial charge in [-0.3, -0.25) is 19.7 Å². The summed E-state index contributed by atoms with van der Waals surface area (Å²) >= 11 is 0. The van der Waals surface area contributed by atoms with E-state index in [0.717, 1.165) is 193 Å². The van der Waals surface area contributed by atoms with Crippen molar-refractivity contribution in [3.05, 3.63) is 446 Å². The van der Waals surface area contributed by atoms with Gasteiger partial charge < -0.3 is 0 Å². The summed E-state index contributed by atoms with van der Waals surface area (Å²) in [5.74, 6) is -0.767. The number of carbonyl (C=O) groups excluding carboxylic acids is 3. The fourth-order valence-corrected chi connectivity index (χ4v) is 18.4. The number of nitrogens with one attached hydrogen (secondary N) is 1. The Morgan fingerprint density at radius 1 is 0.148 bits per heavy atom. The molecule has 2 amide bonds. The molecule has 0 fully saturated rings. The average molecular weight is 1460 g/mol. The molecule has 0 radical (unpaired) electrons. The number of benzene rings is 19. The van der Waals surface area contributed by atoms with Gasteiger partial charge in [0, 0.05) is 38.8 Å². The molecule has 0 spiro atoms. The fraction of sp³-hybridized carbons (Fsp3) is 0. The van der Waals surface area contributed by atoms with E-state index >= 15 is 4.79 Å². The van der Waals surface area contributed by atoms with E-state index in [4.69, 9.17) is 0 Å². The van der Waals surface area contributed by atoms with Crippen molar-refractivity contribution >= 4 is 83.0 Å². The molecule has 19 aromatic rings. The number of imide groups is 1. The Hall–Kier alpha value is -15.2. The summed E-state index contributed by atoms with van der Waals surface area (Å²) < 4.78 is 0. The standard InChI is InChI=1S/C111H69NO3/c113-109-104(79-43-24-8-25-44-79)102(82-57-51-72(52-58-82)94-67-92(69-29-10-1-11-30-69)96(74-33-14-3-15-34-74)100(77-39-20-6-21-40-77)97(94)75-35-16-4-17-36-75)103(105(109)80-45-26-9-27-46-80)83-59-53-73(54-60-83)95-68-93(70-31-12-2-13-32-70)99(101(78-41-22-7-23-42-78)98(95)76-37-18-5-19-38-76)81-55-49-71(50-56-81)84-61-62-87-89-64-66-91-108-90(110(114)112-111(91)115)65-63-88(107(89)108)86-48-28-47-85(84)106(86)87/h1-68H,(H,112,114,115). The van der Waals surface area contributed by atoms with Gasteiger partial charge >= 0.3 is 0 Å². The largest absolute Gasteiger partial charge is 0.289 e. The van der Waals surface area contributed by atoms with Crippen LogP contribution < -0.4 is 5.32 Å². The lowest BCUT2D eigenvalue weighted by atomic mass is 9.78. The quantitative estimate of drug-likeness (QED) is 0.0632. The molecule has 1 heterocycles. The van der Waals surface area contributed by atoms with Crippen LogP contribution >= 0.6 is 0 Å². The number of hydrogen-bond acceptors (Lipinski definition) is 3. The fourth-order valence-electron chi connectivity index (χ4n) is 18.4. The minimum Gasteiger partial charge on any atom is -0.289 e. The second kappa shape index (κ2) is 28.3. The van der Waals surface area contributed by atoms with E-state index in [1.54, 1.807) is 0 Å². The molecule has 2 aliphatic rings. The molecule has 0 atom stereocenters. The molecule has 1 N–H and O–H groups in total. The minimum atomic E-state index is -0.369. The van der Waals surface area contributed by atoms with Crippen LogP contribution in [0.1, 0.15) is 43.0 Å². The molecule has 0 bridgehead atoms. The molecular weight excluding hydrogens is 1400 g/mol. The molecule has 0 unspecified atom stereocenters. The smallest absolute Gasteiger partial charge is 0.258 e.